The monoisotopic (exact) mass is 296 g/mol. The summed E-state index contributed by atoms with van der Waals surface area (Å²) in [5.41, 5.74) is 0.503. The normalized spacial score (nSPS) is 18.7. The van der Waals surface area contributed by atoms with Gasteiger partial charge in [0.2, 0.25) is 0 Å². The third-order valence-corrected chi connectivity index (χ3v) is 3.07. The van der Waals surface area contributed by atoms with Gasteiger partial charge >= 0.3 is 17.8 Å². The lowest BCUT2D eigenvalue weighted by Gasteiger charge is -2.31. The molecule has 20 heavy (non-hydrogen) atoms. The first-order valence-electron chi connectivity index (χ1n) is 6.07. The highest BCUT2D eigenvalue weighted by Crippen LogP contribution is 2.20. The van der Waals surface area contributed by atoms with Crippen LogP contribution in [0.25, 0.3) is 0 Å². The number of carbonyl (C=O) groups excluding carboxylic acids is 3. The molecule has 1 aliphatic heterocycles. The molecule has 7 heteroatoms. The Morgan fingerprint density at radius 1 is 1.40 bits per heavy atom. The molecule has 0 aliphatic carbocycles. The molecular weight excluding hydrogens is 284 g/mol. The number of ether oxygens (including phenoxy) is 1. The zero-order valence-corrected chi connectivity index (χ0v) is 11.5. The van der Waals surface area contributed by atoms with E-state index in [0.29, 0.717) is 10.7 Å². The second-order valence-corrected chi connectivity index (χ2v) is 4.61. The van der Waals surface area contributed by atoms with Crippen LogP contribution in [-0.2, 0) is 19.1 Å². The minimum atomic E-state index is -0.865. The van der Waals surface area contributed by atoms with Gasteiger partial charge in [-0.3, -0.25) is 9.59 Å². The number of hydrogen-bond acceptors (Lipinski definition) is 4. The number of nitrogens with zero attached hydrogens (tertiary/aromatic N) is 1. The van der Waals surface area contributed by atoms with Crippen LogP contribution in [0.15, 0.2) is 24.3 Å². The molecule has 106 valence electrons. The highest BCUT2D eigenvalue weighted by Gasteiger charge is 2.37. The predicted octanol–water partition coefficient (Wildman–Crippen LogP) is 0.734. The Hall–Kier alpha value is -2.08. The van der Waals surface area contributed by atoms with Crippen LogP contribution in [0.1, 0.15) is 6.92 Å². The van der Waals surface area contributed by atoms with Crippen molar-refractivity contribution in [1.29, 1.82) is 0 Å². The fraction of sp³-hybridized carbons (Fsp3) is 0.308. The van der Waals surface area contributed by atoms with Crippen LogP contribution in [-0.4, -0.2) is 37.0 Å². The van der Waals surface area contributed by atoms with Crippen molar-refractivity contribution >= 4 is 35.1 Å². The molecule has 0 unspecified atom stereocenters. The Morgan fingerprint density at radius 3 is 2.65 bits per heavy atom. The van der Waals surface area contributed by atoms with Crippen LogP contribution in [0.5, 0.6) is 0 Å². The smallest absolute Gasteiger partial charge is 0.330 e. The van der Waals surface area contributed by atoms with E-state index in [4.69, 9.17) is 16.3 Å². The molecule has 0 spiro atoms. The zero-order chi connectivity index (χ0) is 14.7. The fourth-order valence-corrected chi connectivity index (χ4v) is 2.00. The van der Waals surface area contributed by atoms with Crippen molar-refractivity contribution in [1.82, 2.24) is 5.32 Å². The fourth-order valence-electron chi connectivity index (χ4n) is 1.87. The van der Waals surface area contributed by atoms with Crippen LogP contribution >= 0.6 is 11.6 Å². The van der Waals surface area contributed by atoms with E-state index < -0.39 is 23.8 Å². The summed E-state index contributed by atoms with van der Waals surface area (Å²) in [6.45, 7) is 1.91. The lowest BCUT2D eigenvalue weighted by atomic mass is 10.1. The molecule has 1 N–H and O–H groups in total. The summed E-state index contributed by atoms with van der Waals surface area (Å²) in [5.74, 6) is -2.11. The summed E-state index contributed by atoms with van der Waals surface area (Å²) in [5, 5.41) is 2.85. The summed E-state index contributed by atoms with van der Waals surface area (Å²) in [7, 11) is 0. The first-order chi connectivity index (χ1) is 9.52. The van der Waals surface area contributed by atoms with Gasteiger partial charge in [-0.25, -0.2) is 4.79 Å². The number of esters is 1. The summed E-state index contributed by atoms with van der Waals surface area (Å²) < 4.78 is 4.86. The number of anilines is 1. The van der Waals surface area contributed by atoms with Gasteiger partial charge in [0.15, 0.2) is 0 Å². The van der Waals surface area contributed by atoms with Gasteiger partial charge in [-0.2, -0.15) is 0 Å². The van der Waals surface area contributed by atoms with Gasteiger partial charge in [0.1, 0.15) is 6.04 Å². The van der Waals surface area contributed by atoms with Gasteiger partial charge in [-0.05, 0) is 31.2 Å². The molecule has 1 aromatic carbocycles. The van der Waals surface area contributed by atoms with Crippen LogP contribution in [0.2, 0.25) is 5.02 Å². The Labute approximate surface area is 120 Å². The maximum atomic E-state index is 11.9. The lowest BCUT2D eigenvalue weighted by Crippen LogP contribution is -2.60. The number of halogens is 1. The van der Waals surface area contributed by atoms with Crippen LogP contribution in [0.3, 0.4) is 0 Å². The average Bonchev–Trinajstić information content (AvgIpc) is 2.43. The van der Waals surface area contributed by atoms with Crippen LogP contribution < -0.4 is 10.2 Å². The number of rotatable bonds is 3. The van der Waals surface area contributed by atoms with Crippen molar-refractivity contribution in [3.63, 3.8) is 0 Å². The third-order valence-electron chi connectivity index (χ3n) is 2.82. The van der Waals surface area contributed by atoms with Gasteiger partial charge in [0, 0.05) is 10.7 Å². The molecule has 1 heterocycles. The first-order valence-corrected chi connectivity index (χ1v) is 6.45. The van der Waals surface area contributed by atoms with Gasteiger partial charge < -0.3 is 15.0 Å². The number of piperazine rings is 1. The van der Waals surface area contributed by atoms with Crippen molar-refractivity contribution in [2.45, 2.75) is 13.0 Å². The standard InChI is InChI=1S/C13H13ClN2O4/c1-2-20-13(19)10-7-16(12(18)11(17)15-10)9-5-3-8(14)4-6-9/h3-6,10H,2,7H2,1H3,(H,15,17)/t10-/m0/s1. The predicted molar refractivity (Wildman–Crippen MR) is 72.4 cm³/mol. The largest absolute Gasteiger partial charge is 0.464 e. The Morgan fingerprint density at radius 2 is 2.05 bits per heavy atom. The van der Waals surface area contributed by atoms with Crippen molar-refractivity contribution in [3.05, 3.63) is 29.3 Å². The molecule has 1 aliphatic rings. The molecule has 0 aromatic heterocycles. The molecule has 0 saturated carbocycles. The second kappa shape index (κ2) is 5.92. The van der Waals surface area contributed by atoms with E-state index in [1.165, 1.54) is 4.90 Å². The van der Waals surface area contributed by atoms with Gasteiger partial charge in [0.25, 0.3) is 0 Å². The average molecular weight is 297 g/mol. The number of hydrogen-bond donors (Lipinski definition) is 1. The third kappa shape index (κ3) is 2.91. The van der Waals surface area contributed by atoms with E-state index in [0.717, 1.165) is 0 Å². The lowest BCUT2D eigenvalue weighted by molar-refractivity contribution is -0.149. The van der Waals surface area contributed by atoms with E-state index in [-0.39, 0.29) is 13.2 Å². The molecule has 6 nitrogen and oxygen atoms in total. The van der Waals surface area contributed by atoms with E-state index in [1.807, 2.05) is 0 Å². The minimum Gasteiger partial charge on any atom is -0.464 e. The topological polar surface area (TPSA) is 75.7 Å². The quantitative estimate of drug-likeness (QED) is 0.659. The van der Waals surface area contributed by atoms with E-state index in [9.17, 15) is 14.4 Å². The second-order valence-electron chi connectivity index (χ2n) is 4.17. The highest BCUT2D eigenvalue weighted by molar-refractivity contribution is 6.41. The summed E-state index contributed by atoms with van der Waals surface area (Å²) in [6.07, 6.45) is 0. The molecule has 0 radical (unpaired) electrons. The van der Waals surface area contributed by atoms with E-state index in [1.54, 1.807) is 31.2 Å². The summed E-state index contributed by atoms with van der Waals surface area (Å²) >= 11 is 5.78. The number of benzene rings is 1. The molecular formula is C13H13ClN2O4. The Bertz CT molecular complexity index is 544. The van der Waals surface area contributed by atoms with Gasteiger partial charge in [0.05, 0.1) is 13.2 Å². The van der Waals surface area contributed by atoms with E-state index in [2.05, 4.69) is 5.32 Å². The summed E-state index contributed by atoms with van der Waals surface area (Å²) in [4.78, 5) is 36.4. The molecule has 2 rings (SSSR count). The van der Waals surface area contributed by atoms with Crippen molar-refractivity contribution < 1.29 is 19.1 Å². The van der Waals surface area contributed by atoms with Crippen LogP contribution in [0.4, 0.5) is 5.69 Å². The number of carbonyl (C=O) groups is 3. The van der Waals surface area contributed by atoms with Crippen LogP contribution in [0, 0.1) is 0 Å². The van der Waals surface area contributed by atoms with Crippen molar-refractivity contribution in [3.8, 4) is 0 Å². The highest BCUT2D eigenvalue weighted by atomic mass is 35.5. The van der Waals surface area contributed by atoms with Gasteiger partial charge in [-0.1, -0.05) is 11.6 Å². The first kappa shape index (κ1) is 14.3. The van der Waals surface area contributed by atoms with Gasteiger partial charge in [-0.15, -0.1) is 0 Å². The maximum absolute atomic E-state index is 11.9. The van der Waals surface area contributed by atoms with Crippen molar-refractivity contribution in [2.24, 2.45) is 0 Å². The molecule has 2 amide bonds. The number of nitrogens with one attached hydrogen (secondary N) is 1. The minimum absolute atomic E-state index is 0.0328. The molecule has 1 saturated heterocycles. The molecule has 1 atom stereocenters. The molecule has 1 fully saturated rings. The maximum Gasteiger partial charge on any atom is 0.330 e. The van der Waals surface area contributed by atoms with Crippen molar-refractivity contribution in [2.75, 3.05) is 18.1 Å². The van der Waals surface area contributed by atoms with E-state index >= 15 is 0 Å². The SMILES string of the molecule is CCOC(=O)[C@@H]1CN(c2ccc(Cl)cc2)C(=O)C(=O)N1. The zero-order valence-electron chi connectivity index (χ0n) is 10.8. The Kier molecular flexibility index (Phi) is 4.24. The summed E-state index contributed by atoms with van der Waals surface area (Å²) in [6, 6.07) is 5.57. The molecule has 0 bridgehead atoms. The Balaban J connectivity index is 2.22. The molecule has 1 aromatic rings. The number of amides is 2.